The van der Waals surface area contributed by atoms with E-state index in [1.165, 1.54) is 0 Å². The minimum atomic E-state index is -0.527. The monoisotopic (exact) mass is 368 g/mol. The molecule has 3 heteroatoms. The summed E-state index contributed by atoms with van der Waals surface area (Å²) in [4.78, 5) is 12.8. The fourth-order valence-corrected chi connectivity index (χ4v) is 3.39. The van der Waals surface area contributed by atoms with E-state index in [0.29, 0.717) is 11.0 Å². The van der Waals surface area contributed by atoms with Crippen LogP contribution in [0.3, 0.4) is 0 Å². The standard InChI is InChI=1S/C25H20O3/c1-17-12-15-22-21(16-17)24(26)23(25(27)28-22)20(19-10-6-3-7-11-19)14-13-18-8-4-2-5-9-18/h2-16,20,26H,1H3/b14-13+. The normalized spacial score (nSPS) is 12.5. The van der Waals surface area contributed by atoms with E-state index in [1.54, 1.807) is 6.07 Å². The van der Waals surface area contributed by atoms with Crippen LogP contribution >= 0.6 is 0 Å². The van der Waals surface area contributed by atoms with E-state index in [0.717, 1.165) is 16.7 Å². The van der Waals surface area contributed by atoms with Crippen LogP contribution in [0.15, 0.2) is 94.2 Å². The van der Waals surface area contributed by atoms with Crippen molar-refractivity contribution >= 4 is 17.0 Å². The maximum absolute atomic E-state index is 12.8. The Morgan fingerprint density at radius 3 is 2.32 bits per heavy atom. The lowest BCUT2D eigenvalue weighted by Crippen LogP contribution is -2.13. The van der Waals surface area contributed by atoms with Crippen LogP contribution in [0.1, 0.15) is 28.2 Å². The first-order chi connectivity index (χ1) is 13.6. The van der Waals surface area contributed by atoms with Crippen LogP contribution in [-0.2, 0) is 0 Å². The van der Waals surface area contributed by atoms with Gasteiger partial charge in [0.15, 0.2) is 0 Å². The van der Waals surface area contributed by atoms with E-state index in [2.05, 4.69) is 0 Å². The molecule has 0 spiro atoms. The molecule has 1 heterocycles. The number of fused-ring (bicyclic) bond motifs is 1. The number of benzene rings is 3. The first kappa shape index (κ1) is 17.8. The summed E-state index contributed by atoms with van der Waals surface area (Å²) in [6.45, 7) is 1.94. The molecule has 0 fully saturated rings. The average molecular weight is 368 g/mol. The van der Waals surface area contributed by atoms with E-state index in [9.17, 15) is 9.90 Å². The van der Waals surface area contributed by atoms with E-state index >= 15 is 0 Å². The first-order valence-corrected chi connectivity index (χ1v) is 9.18. The summed E-state index contributed by atoms with van der Waals surface area (Å²) in [5.74, 6) is -0.455. The van der Waals surface area contributed by atoms with Crippen molar-refractivity contribution < 1.29 is 9.52 Å². The van der Waals surface area contributed by atoms with Gasteiger partial charge in [0.25, 0.3) is 0 Å². The van der Waals surface area contributed by atoms with Crippen LogP contribution in [0.5, 0.6) is 5.75 Å². The minimum Gasteiger partial charge on any atom is -0.507 e. The van der Waals surface area contributed by atoms with Gasteiger partial charge in [0, 0.05) is 5.92 Å². The summed E-state index contributed by atoms with van der Waals surface area (Å²) in [5, 5.41) is 11.5. The van der Waals surface area contributed by atoms with Crippen molar-refractivity contribution in [1.82, 2.24) is 0 Å². The van der Waals surface area contributed by atoms with E-state index < -0.39 is 11.5 Å². The van der Waals surface area contributed by atoms with Crippen LogP contribution in [-0.4, -0.2) is 5.11 Å². The van der Waals surface area contributed by atoms with Crippen LogP contribution in [0.2, 0.25) is 0 Å². The molecule has 0 radical (unpaired) electrons. The lowest BCUT2D eigenvalue weighted by molar-refractivity contribution is 0.456. The van der Waals surface area contributed by atoms with E-state index in [-0.39, 0.29) is 11.3 Å². The second kappa shape index (κ2) is 7.57. The van der Waals surface area contributed by atoms with Gasteiger partial charge >= 0.3 is 5.63 Å². The van der Waals surface area contributed by atoms with Gasteiger partial charge in [0.1, 0.15) is 11.3 Å². The Morgan fingerprint density at radius 1 is 0.929 bits per heavy atom. The molecule has 0 aliphatic heterocycles. The fourth-order valence-electron chi connectivity index (χ4n) is 3.39. The summed E-state index contributed by atoms with van der Waals surface area (Å²) < 4.78 is 5.53. The Hall–Kier alpha value is -3.59. The van der Waals surface area contributed by atoms with Crippen LogP contribution < -0.4 is 5.63 Å². The maximum Gasteiger partial charge on any atom is 0.344 e. The highest BCUT2D eigenvalue weighted by Gasteiger charge is 2.22. The summed E-state index contributed by atoms with van der Waals surface area (Å²) in [5.41, 5.74) is 3.01. The lowest BCUT2D eigenvalue weighted by atomic mass is 9.90. The number of hydrogen-bond donors (Lipinski definition) is 1. The lowest BCUT2D eigenvalue weighted by Gasteiger charge is -2.15. The van der Waals surface area contributed by atoms with Gasteiger partial charge in [-0.1, -0.05) is 84.4 Å². The fraction of sp³-hybridized carbons (Fsp3) is 0.0800. The molecule has 1 aromatic heterocycles. The van der Waals surface area contributed by atoms with Gasteiger partial charge in [-0.2, -0.15) is 0 Å². The molecule has 1 unspecified atom stereocenters. The molecule has 4 aromatic rings. The molecule has 0 aliphatic carbocycles. The minimum absolute atomic E-state index is 0.0264. The summed E-state index contributed by atoms with van der Waals surface area (Å²) in [6.07, 6.45) is 3.88. The molecular weight excluding hydrogens is 348 g/mol. The predicted octanol–water partition coefficient (Wildman–Crippen LogP) is 5.65. The molecule has 1 atom stereocenters. The van der Waals surface area contributed by atoms with Crippen molar-refractivity contribution in [2.24, 2.45) is 0 Å². The number of allylic oxidation sites excluding steroid dienone is 1. The Balaban J connectivity index is 1.92. The van der Waals surface area contributed by atoms with Crippen LogP contribution in [0.25, 0.3) is 17.0 Å². The van der Waals surface area contributed by atoms with Crippen LogP contribution in [0, 0.1) is 6.92 Å². The van der Waals surface area contributed by atoms with Crippen LogP contribution in [0.4, 0.5) is 0 Å². The summed E-state index contributed by atoms with van der Waals surface area (Å²) in [7, 11) is 0. The Labute approximate surface area is 163 Å². The van der Waals surface area contributed by atoms with Crippen molar-refractivity contribution in [3.05, 3.63) is 118 Å². The molecule has 0 amide bonds. The van der Waals surface area contributed by atoms with Crippen molar-refractivity contribution in [3.63, 3.8) is 0 Å². The third kappa shape index (κ3) is 3.47. The zero-order chi connectivity index (χ0) is 19.5. The van der Waals surface area contributed by atoms with Crippen molar-refractivity contribution in [1.29, 1.82) is 0 Å². The molecule has 0 saturated carbocycles. The molecule has 0 saturated heterocycles. The molecule has 28 heavy (non-hydrogen) atoms. The summed E-state index contributed by atoms with van der Waals surface area (Å²) >= 11 is 0. The highest BCUT2D eigenvalue weighted by Crippen LogP contribution is 2.35. The molecule has 138 valence electrons. The van der Waals surface area contributed by atoms with E-state index in [1.807, 2.05) is 91.9 Å². The third-order valence-electron chi connectivity index (χ3n) is 4.82. The highest BCUT2D eigenvalue weighted by molar-refractivity contribution is 5.85. The third-order valence-corrected chi connectivity index (χ3v) is 4.82. The zero-order valence-electron chi connectivity index (χ0n) is 15.5. The smallest absolute Gasteiger partial charge is 0.344 e. The Kier molecular flexibility index (Phi) is 4.81. The number of aryl methyl sites for hydroxylation is 1. The first-order valence-electron chi connectivity index (χ1n) is 9.18. The van der Waals surface area contributed by atoms with Gasteiger partial charge in [0.05, 0.1) is 10.9 Å². The van der Waals surface area contributed by atoms with Crippen molar-refractivity contribution in [2.75, 3.05) is 0 Å². The quantitative estimate of drug-likeness (QED) is 0.473. The van der Waals surface area contributed by atoms with Gasteiger partial charge in [-0.25, -0.2) is 4.79 Å². The zero-order valence-corrected chi connectivity index (χ0v) is 15.5. The van der Waals surface area contributed by atoms with Gasteiger partial charge < -0.3 is 9.52 Å². The molecular formula is C25H20O3. The second-order valence-corrected chi connectivity index (χ2v) is 6.81. The Bertz CT molecular complexity index is 1190. The Morgan fingerprint density at radius 2 is 1.61 bits per heavy atom. The van der Waals surface area contributed by atoms with Gasteiger partial charge in [0.2, 0.25) is 0 Å². The maximum atomic E-state index is 12.8. The van der Waals surface area contributed by atoms with Crippen molar-refractivity contribution in [3.8, 4) is 5.75 Å². The molecule has 0 bridgehead atoms. The highest BCUT2D eigenvalue weighted by atomic mass is 16.4. The molecule has 1 N–H and O–H groups in total. The van der Waals surface area contributed by atoms with E-state index in [4.69, 9.17) is 4.42 Å². The predicted molar refractivity (Wildman–Crippen MR) is 113 cm³/mol. The second-order valence-electron chi connectivity index (χ2n) is 6.81. The average Bonchev–Trinajstić information content (AvgIpc) is 2.72. The summed E-state index contributed by atoms with van der Waals surface area (Å²) in [6, 6.07) is 24.9. The molecule has 0 aliphatic rings. The van der Waals surface area contributed by atoms with Gasteiger partial charge in [-0.3, -0.25) is 0 Å². The van der Waals surface area contributed by atoms with Gasteiger partial charge in [-0.15, -0.1) is 0 Å². The SMILES string of the molecule is Cc1ccc2oc(=O)c(C(/C=C/c3ccccc3)c3ccccc3)c(O)c2c1. The number of hydrogen-bond acceptors (Lipinski definition) is 3. The topological polar surface area (TPSA) is 50.4 Å². The number of aromatic hydroxyl groups is 1. The molecule has 3 aromatic carbocycles. The molecule has 4 rings (SSSR count). The van der Waals surface area contributed by atoms with Crippen molar-refractivity contribution in [2.45, 2.75) is 12.8 Å². The van der Waals surface area contributed by atoms with Gasteiger partial charge in [-0.05, 0) is 30.2 Å². The largest absolute Gasteiger partial charge is 0.507 e. The molecule has 3 nitrogen and oxygen atoms in total. The number of rotatable bonds is 4.